The summed E-state index contributed by atoms with van der Waals surface area (Å²) in [5.74, 6) is -0.672. The van der Waals surface area contributed by atoms with E-state index in [1.165, 1.54) is 16.8 Å². The Morgan fingerprint density at radius 3 is 2.02 bits per heavy atom. The van der Waals surface area contributed by atoms with Crippen LogP contribution in [0.3, 0.4) is 0 Å². The molecule has 4 atom stereocenters. The maximum absolute atomic E-state index is 14.1. The fourth-order valence-corrected chi connectivity index (χ4v) is 9.59. The molecule has 1 aliphatic rings. The highest BCUT2D eigenvalue weighted by molar-refractivity contribution is 7.44. The standard InChI is InChI=1S/C47H59F3N5O9P/c1-33(2)55(34(3)4)65(62-30-14-26-51)64-40-31-43(54-29-25-42(56)53(45(54)58)28-13-8-7-12-27-52-44(57)47(48,49)50)63-41(40)32-61-46(35-15-10-9-11-16-35,36-17-21-38(59-5)22-18-36)37-19-23-39(60-6)24-20-37/h9-11,15-25,29,33-34,40-41,43H,7-8,12-14,27-28,30-32H2,1-6H3,(H,52,57)/t40?,41-,43-,65?/m1/s1. The summed E-state index contributed by atoms with van der Waals surface area (Å²) in [6, 6.07) is 28.4. The van der Waals surface area contributed by atoms with E-state index in [0.29, 0.717) is 37.2 Å². The Morgan fingerprint density at radius 2 is 1.46 bits per heavy atom. The number of methoxy groups -OCH3 is 2. The number of alkyl halides is 3. The summed E-state index contributed by atoms with van der Waals surface area (Å²) in [7, 11) is 1.43. The van der Waals surface area contributed by atoms with Gasteiger partial charge in [-0.2, -0.15) is 18.4 Å². The molecule has 1 N–H and O–H groups in total. The Labute approximate surface area is 379 Å². The van der Waals surface area contributed by atoms with Gasteiger partial charge in [0, 0.05) is 43.9 Å². The first kappa shape index (κ1) is 50.9. The van der Waals surface area contributed by atoms with Crippen LogP contribution in [0.1, 0.15) is 89.1 Å². The van der Waals surface area contributed by atoms with Gasteiger partial charge < -0.3 is 33.3 Å². The molecule has 3 aromatic carbocycles. The Morgan fingerprint density at radius 1 is 0.877 bits per heavy atom. The number of unbranched alkanes of at least 4 members (excludes halogenated alkanes) is 3. The molecule has 14 nitrogen and oxygen atoms in total. The minimum atomic E-state index is -4.95. The van der Waals surface area contributed by atoms with Crippen molar-refractivity contribution in [3.05, 3.63) is 129 Å². The molecule has 2 unspecified atom stereocenters. The number of nitrogens with zero attached hydrogens (tertiary/aromatic N) is 4. The fourth-order valence-electron chi connectivity index (χ4n) is 7.83. The third-order valence-corrected chi connectivity index (χ3v) is 13.1. The van der Waals surface area contributed by atoms with Crippen LogP contribution in [-0.2, 0) is 35.5 Å². The first-order chi connectivity index (χ1) is 31.1. The van der Waals surface area contributed by atoms with Gasteiger partial charge in [-0.05, 0) is 81.5 Å². The van der Waals surface area contributed by atoms with E-state index in [-0.39, 0.29) is 51.2 Å². The SMILES string of the molecule is COc1ccc(C(OC[C@H]2O[C@@H](n3ccc(=O)n(CCCCCCNC(=O)C(F)(F)F)c3=O)CC2OP(OCCC#N)N(C(C)C)C(C)C)(c2ccccc2)c2ccc(OC)cc2)cc1. The van der Waals surface area contributed by atoms with E-state index >= 15 is 0 Å². The number of carbonyl (C=O) groups excluding carboxylic acids is 1. The highest BCUT2D eigenvalue weighted by Crippen LogP contribution is 2.50. The number of benzene rings is 3. The van der Waals surface area contributed by atoms with E-state index in [1.54, 1.807) is 14.2 Å². The van der Waals surface area contributed by atoms with Crippen molar-refractivity contribution in [2.75, 3.05) is 34.0 Å². The molecule has 5 rings (SSSR count). The van der Waals surface area contributed by atoms with E-state index in [4.69, 9.17) is 28.0 Å². The van der Waals surface area contributed by atoms with Crippen LogP contribution in [0.15, 0.2) is 101 Å². The van der Waals surface area contributed by atoms with Crippen molar-refractivity contribution >= 4 is 14.4 Å². The molecule has 65 heavy (non-hydrogen) atoms. The predicted molar refractivity (Wildman–Crippen MR) is 239 cm³/mol. The molecule has 2 heterocycles. The number of ether oxygens (including phenoxy) is 4. The Bertz CT molecular complexity index is 2210. The number of halogens is 3. The third kappa shape index (κ3) is 13.1. The molecule has 4 aromatic rings. The van der Waals surface area contributed by atoms with Crippen molar-refractivity contribution in [2.45, 2.75) is 115 Å². The zero-order chi connectivity index (χ0) is 47.1. The van der Waals surface area contributed by atoms with Gasteiger partial charge in [0.05, 0.1) is 46.0 Å². The Hall–Kier alpha value is -5.08. The van der Waals surface area contributed by atoms with Crippen molar-refractivity contribution in [3.63, 3.8) is 0 Å². The number of amides is 1. The second kappa shape index (κ2) is 23.9. The minimum Gasteiger partial charge on any atom is -0.497 e. The van der Waals surface area contributed by atoms with E-state index in [9.17, 15) is 32.8 Å². The summed E-state index contributed by atoms with van der Waals surface area (Å²) >= 11 is 0. The lowest BCUT2D eigenvalue weighted by molar-refractivity contribution is -0.173. The molecule has 18 heteroatoms. The molecule has 1 aliphatic heterocycles. The average molecular weight is 926 g/mol. The molecule has 0 radical (unpaired) electrons. The Kier molecular flexibility index (Phi) is 18.7. The summed E-state index contributed by atoms with van der Waals surface area (Å²) in [6.07, 6.45) is -3.97. The second-order valence-electron chi connectivity index (χ2n) is 16.0. The van der Waals surface area contributed by atoms with Gasteiger partial charge in [-0.1, -0.05) is 67.4 Å². The summed E-state index contributed by atoms with van der Waals surface area (Å²) in [6.45, 7) is 8.15. The largest absolute Gasteiger partial charge is 0.497 e. The van der Waals surface area contributed by atoms with Crippen LogP contribution < -0.4 is 26.0 Å². The number of nitriles is 1. The Balaban J connectivity index is 1.50. The summed E-state index contributed by atoms with van der Waals surface area (Å²) in [5, 5.41) is 11.2. The van der Waals surface area contributed by atoms with Gasteiger partial charge in [0.1, 0.15) is 29.4 Å². The van der Waals surface area contributed by atoms with Gasteiger partial charge in [-0.15, -0.1) is 0 Å². The number of hydrogen-bond acceptors (Lipinski definition) is 11. The van der Waals surface area contributed by atoms with Crippen molar-refractivity contribution < 1.29 is 46.0 Å². The van der Waals surface area contributed by atoms with Crippen LogP contribution in [0.4, 0.5) is 13.2 Å². The lowest BCUT2D eigenvalue weighted by Crippen LogP contribution is -2.41. The smallest absolute Gasteiger partial charge is 0.471 e. The quantitative estimate of drug-likeness (QED) is 0.0411. The average Bonchev–Trinajstić information content (AvgIpc) is 3.69. The van der Waals surface area contributed by atoms with Crippen LogP contribution in [0.25, 0.3) is 0 Å². The van der Waals surface area contributed by atoms with E-state index in [1.807, 2.05) is 112 Å². The maximum Gasteiger partial charge on any atom is 0.471 e. The summed E-state index contributed by atoms with van der Waals surface area (Å²) in [5.41, 5.74) is 0.0848. The van der Waals surface area contributed by atoms with Gasteiger partial charge in [0.25, 0.3) is 14.1 Å². The van der Waals surface area contributed by atoms with Crippen LogP contribution in [0.5, 0.6) is 11.5 Å². The fraction of sp³-hybridized carbons (Fsp3) is 0.489. The van der Waals surface area contributed by atoms with Gasteiger partial charge in [-0.25, -0.2) is 9.46 Å². The van der Waals surface area contributed by atoms with Crippen LogP contribution in [0.2, 0.25) is 0 Å². The molecular weight excluding hydrogens is 867 g/mol. The minimum absolute atomic E-state index is 0.00305. The summed E-state index contributed by atoms with van der Waals surface area (Å²) < 4.78 is 80.5. The monoisotopic (exact) mass is 925 g/mol. The third-order valence-electron chi connectivity index (χ3n) is 11.0. The van der Waals surface area contributed by atoms with Gasteiger partial charge in [-0.3, -0.25) is 18.7 Å². The van der Waals surface area contributed by atoms with E-state index in [0.717, 1.165) is 21.3 Å². The highest BCUT2D eigenvalue weighted by Gasteiger charge is 2.45. The van der Waals surface area contributed by atoms with Crippen LogP contribution in [-0.4, -0.2) is 84.2 Å². The number of nitrogens with one attached hydrogen (secondary N) is 1. The molecule has 0 bridgehead atoms. The van der Waals surface area contributed by atoms with Crippen molar-refractivity contribution in [3.8, 4) is 17.6 Å². The van der Waals surface area contributed by atoms with Crippen molar-refractivity contribution in [1.82, 2.24) is 19.1 Å². The number of hydrogen-bond donors (Lipinski definition) is 1. The van der Waals surface area contributed by atoms with Crippen LogP contribution in [0, 0.1) is 11.3 Å². The maximum atomic E-state index is 14.1. The number of carbonyl (C=O) groups is 1. The zero-order valence-corrected chi connectivity index (χ0v) is 38.6. The van der Waals surface area contributed by atoms with Gasteiger partial charge in [0.2, 0.25) is 0 Å². The first-order valence-electron chi connectivity index (χ1n) is 21.7. The number of aromatic nitrogens is 2. The lowest BCUT2D eigenvalue weighted by Gasteiger charge is -2.39. The molecule has 1 fully saturated rings. The molecular formula is C47H59F3N5O9P. The molecule has 0 spiro atoms. The molecule has 0 aliphatic carbocycles. The van der Waals surface area contributed by atoms with Gasteiger partial charge in [0.15, 0.2) is 0 Å². The molecule has 0 saturated carbocycles. The topological polar surface area (TPSA) is 156 Å². The normalized spacial score (nSPS) is 17.1. The van der Waals surface area contributed by atoms with Gasteiger partial charge >= 0.3 is 17.8 Å². The van der Waals surface area contributed by atoms with E-state index in [2.05, 4.69) is 10.7 Å². The van der Waals surface area contributed by atoms with Crippen molar-refractivity contribution in [1.29, 1.82) is 5.26 Å². The zero-order valence-electron chi connectivity index (χ0n) is 37.7. The van der Waals surface area contributed by atoms with E-state index < -0.39 is 55.9 Å². The second-order valence-corrected chi connectivity index (χ2v) is 17.4. The van der Waals surface area contributed by atoms with Crippen molar-refractivity contribution in [2.24, 2.45) is 0 Å². The molecule has 1 aromatic heterocycles. The lowest BCUT2D eigenvalue weighted by atomic mass is 9.80. The summed E-state index contributed by atoms with van der Waals surface area (Å²) in [4.78, 5) is 38.3. The first-order valence-corrected chi connectivity index (χ1v) is 22.8. The molecule has 352 valence electrons. The molecule has 1 amide bonds. The number of rotatable bonds is 24. The van der Waals surface area contributed by atoms with Crippen LogP contribution >= 0.6 is 8.53 Å². The predicted octanol–water partition coefficient (Wildman–Crippen LogP) is 8.22. The highest BCUT2D eigenvalue weighted by atomic mass is 31.2. The molecule has 1 saturated heterocycles.